The van der Waals surface area contributed by atoms with Crippen LogP contribution in [-0.4, -0.2) is 40.6 Å². The summed E-state index contributed by atoms with van der Waals surface area (Å²) < 4.78 is 5.53. The molecule has 6 heteroatoms. The number of rotatable bonds is 4. The Kier molecular flexibility index (Phi) is 4.43. The van der Waals surface area contributed by atoms with E-state index in [1.54, 1.807) is 31.2 Å². The molecular weight excluding hydrogens is 272 g/mol. The third kappa shape index (κ3) is 3.14. The number of likely N-dealkylation sites (tertiary alicyclic amines) is 1. The van der Waals surface area contributed by atoms with Crippen LogP contribution in [0.4, 0.5) is 0 Å². The van der Waals surface area contributed by atoms with Crippen LogP contribution in [0.2, 0.25) is 0 Å². The molecule has 1 amide bonds. The van der Waals surface area contributed by atoms with Gasteiger partial charge in [0.1, 0.15) is 17.9 Å². The highest BCUT2D eigenvalue weighted by Gasteiger charge is 2.36. The highest BCUT2D eigenvalue weighted by molar-refractivity contribution is 5.87. The third-order valence-electron chi connectivity index (χ3n) is 3.48. The second-order valence-corrected chi connectivity index (χ2v) is 4.90. The van der Waals surface area contributed by atoms with Gasteiger partial charge in [0.25, 0.3) is 5.91 Å². The quantitative estimate of drug-likeness (QED) is 0.904. The van der Waals surface area contributed by atoms with Crippen LogP contribution in [0.15, 0.2) is 24.3 Å². The first-order chi connectivity index (χ1) is 10.0. The SMILES string of the molecule is CC(Oc1ccccc1C#N)C(=O)N1CCC[C@H]1C(=O)O. The van der Waals surface area contributed by atoms with Crippen LogP contribution in [0.3, 0.4) is 0 Å². The van der Waals surface area contributed by atoms with Crippen LogP contribution in [0, 0.1) is 11.3 Å². The number of carbonyl (C=O) groups is 2. The van der Waals surface area contributed by atoms with Crippen molar-refractivity contribution in [1.82, 2.24) is 4.90 Å². The Labute approximate surface area is 122 Å². The Morgan fingerprint density at radius 1 is 1.48 bits per heavy atom. The monoisotopic (exact) mass is 288 g/mol. The standard InChI is InChI=1S/C15H16N2O4/c1-10(21-13-7-3-2-5-11(13)9-16)14(18)17-8-4-6-12(17)15(19)20/h2-3,5,7,10,12H,4,6,8H2,1H3,(H,19,20)/t10?,12-/m0/s1. The fourth-order valence-electron chi connectivity index (χ4n) is 2.42. The number of hydrogen-bond acceptors (Lipinski definition) is 4. The molecular formula is C15H16N2O4. The molecule has 1 aliphatic heterocycles. The molecule has 1 aliphatic rings. The molecule has 2 atom stereocenters. The molecule has 1 unspecified atom stereocenters. The number of carboxylic acid groups (broad SMARTS) is 1. The second kappa shape index (κ2) is 6.27. The molecule has 0 spiro atoms. The van der Waals surface area contributed by atoms with Crippen LogP contribution in [0.25, 0.3) is 0 Å². The largest absolute Gasteiger partial charge is 0.480 e. The van der Waals surface area contributed by atoms with E-state index in [4.69, 9.17) is 15.1 Å². The van der Waals surface area contributed by atoms with Gasteiger partial charge in [-0.3, -0.25) is 4.79 Å². The molecule has 0 saturated carbocycles. The minimum Gasteiger partial charge on any atom is -0.480 e. The molecule has 2 rings (SSSR count). The number of nitriles is 1. The van der Waals surface area contributed by atoms with E-state index in [-0.39, 0.29) is 5.91 Å². The minimum atomic E-state index is -0.995. The average Bonchev–Trinajstić information content (AvgIpc) is 2.96. The lowest BCUT2D eigenvalue weighted by atomic mass is 10.2. The van der Waals surface area contributed by atoms with E-state index >= 15 is 0 Å². The first-order valence-corrected chi connectivity index (χ1v) is 6.73. The minimum absolute atomic E-state index is 0.326. The fourth-order valence-corrected chi connectivity index (χ4v) is 2.42. The van der Waals surface area contributed by atoms with Gasteiger partial charge in [-0.25, -0.2) is 4.79 Å². The van der Waals surface area contributed by atoms with E-state index in [0.717, 1.165) is 0 Å². The van der Waals surface area contributed by atoms with Crippen LogP contribution >= 0.6 is 0 Å². The first-order valence-electron chi connectivity index (χ1n) is 6.73. The molecule has 1 aromatic carbocycles. The summed E-state index contributed by atoms with van der Waals surface area (Å²) in [6, 6.07) is 7.84. The van der Waals surface area contributed by atoms with Crippen molar-refractivity contribution in [1.29, 1.82) is 5.26 Å². The Bertz CT molecular complexity index is 594. The molecule has 1 heterocycles. The molecule has 0 bridgehead atoms. The first kappa shape index (κ1) is 14.9. The zero-order valence-corrected chi connectivity index (χ0v) is 11.7. The Balaban J connectivity index is 2.10. The number of carboxylic acids is 1. The Morgan fingerprint density at radius 2 is 2.19 bits per heavy atom. The van der Waals surface area contributed by atoms with Crippen molar-refractivity contribution in [2.75, 3.05) is 6.54 Å². The van der Waals surface area contributed by atoms with E-state index in [1.165, 1.54) is 4.90 Å². The van der Waals surface area contributed by atoms with Crippen molar-refractivity contribution in [3.05, 3.63) is 29.8 Å². The van der Waals surface area contributed by atoms with E-state index in [2.05, 4.69) is 0 Å². The van der Waals surface area contributed by atoms with Crippen molar-refractivity contribution in [3.8, 4) is 11.8 Å². The maximum absolute atomic E-state index is 12.3. The van der Waals surface area contributed by atoms with Gasteiger partial charge in [0.05, 0.1) is 5.56 Å². The molecule has 110 valence electrons. The van der Waals surface area contributed by atoms with Gasteiger partial charge in [-0.2, -0.15) is 5.26 Å². The average molecular weight is 288 g/mol. The van der Waals surface area contributed by atoms with Crippen LogP contribution in [-0.2, 0) is 9.59 Å². The number of para-hydroxylation sites is 1. The van der Waals surface area contributed by atoms with E-state index in [0.29, 0.717) is 30.7 Å². The van der Waals surface area contributed by atoms with Crippen molar-refractivity contribution < 1.29 is 19.4 Å². The van der Waals surface area contributed by atoms with Crippen LogP contribution in [0.1, 0.15) is 25.3 Å². The Morgan fingerprint density at radius 3 is 2.86 bits per heavy atom. The molecule has 1 N–H and O–H groups in total. The van der Waals surface area contributed by atoms with Crippen molar-refractivity contribution in [3.63, 3.8) is 0 Å². The number of aliphatic carboxylic acids is 1. The molecule has 1 saturated heterocycles. The lowest BCUT2D eigenvalue weighted by molar-refractivity contribution is -0.150. The van der Waals surface area contributed by atoms with Gasteiger partial charge >= 0.3 is 5.97 Å². The predicted molar refractivity (Wildman–Crippen MR) is 73.6 cm³/mol. The van der Waals surface area contributed by atoms with Gasteiger partial charge in [-0.15, -0.1) is 0 Å². The number of hydrogen-bond donors (Lipinski definition) is 1. The third-order valence-corrected chi connectivity index (χ3v) is 3.48. The van der Waals surface area contributed by atoms with Crippen molar-refractivity contribution >= 4 is 11.9 Å². The van der Waals surface area contributed by atoms with Gasteiger partial charge in [0.2, 0.25) is 0 Å². The molecule has 0 radical (unpaired) electrons. The van der Waals surface area contributed by atoms with E-state index < -0.39 is 18.1 Å². The number of carbonyl (C=O) groups excluding carboxylic acids is 1. The summed E-state index contributed by atoms with van der Waals surface area (Å²) in [5.41, 5.74) is 0.341. The molecule has 1 fully saturated rings. The van der Waals surface area contributed by atoms with Crippen molar-refractivity contribution in [2.24, 2.45) is 0 Å². The summed E-state index contributed by atoms with van der Waals surface area (Å²) in [5, 5.41) is 18.1. The zero-order chi connectivity index (χ0) is 15.4. The summed E-state index contributed by atoms with van der Waals surface area (Å²) in [7, 11) is 0. The van der Waals surface area contributed by atoms with Gasteiger partial charge in [-0.05, 0) is 31.9 Å². The lowest BCUT2D eigenvalue weighted by Crippen LogP contribution is -2.46. The Hall–Kier alpha value is -2.55. The fraction of sp³-hybridized carbons (Fsp3) is 0.400. The molecule has 21 heavy (non-hydrogen) atoms. The van der Waals surface area contributed by atoms with Crippen molar-refractivity contribution in [2.45, 2.75) is 31.9 Å². The van der Waals surface area contributed by atoms with Gasteiger partial charge in [0, 0.05) is 6.54 Å². The van der Waals surface area contributed by atoms with E-state index in [1.807, 2.05) is 6.07 Å². The molecule has 0 aromatic heterocycles. The number of nitrogens with zero attached hydrogens (tertiary/aromatic N) is 2. The summed E-state index contributed by atoms with van der Waals surface area (Å²) in [5.74, 6) is -1.04. The normalized spacial score (nSPS) is 18.9. The predicted octanol–water partition coefficient (Wildman–Crippen LogP) is 1.40. The van der Waals surface area contributed by atoms with Gasteiger partial charge in [0.15, 0.2) is 6.10 Å². The van der Waals surface area contributed by atoms with Gasteiger partial charge in [-0.1, -0.05) is 12.1 Å². The topological polar surface area (TPSA) is 90.6 Å². The zero-order valence-electron chi connectivity index (χ0n) is 11.7. The maximum atomic E-state index is 12.3. The smallest absolute Gasteiger partial charge is 0.326 e. The summed E-state index contributed by atoms with van der Waals surface area (Å²) >= 11 is 0. The summed E-state index contributed by atoms with van der Waals surface area (Å²) in [6.45, 7) is 1.98. The van der Waals surface area contributed by atoms with E-state index in [9.17, 15) is 9.59 Å². The highest BCUT2D eigenvalue weighted by Crippen LogP contribution is 2.22. The number of benzene rings is 1. The summed E-state index contributed by atoms with van der Waals surface area (Å²) in [4.78, 5) is 24.8. The molecule has 1 aromatic rings. The van der Waals surface area contributed by atoms with Gasteiger partial charge < -0.3 is 14.7 Å². The maximum Gasteiger partial charge on any atom is 0.326 e. The summed E-state index contributed by atoms with van der Waals surface area (Å²) in [6.07, 6.45) is 0.298. The molecule has 0 aliphatic carbocycles. The highest BCUT2D eigenvalue weighted by atomic mass is 16.5. The molecule has 6 nitrogen and oxygen atoms in total. The lowest BCUT2D eigenvalue weighted by Gasteiger charge is -2.25. The number of amides is 1. The van der Waals surface area contributed by atoms with Crippen LogP contribution in [0.5, 0.6) is 5.75 Å². The number of ether oxygens (including phenoxy) is 1. The van der Waals surface area contributed by atoms with Crippen LogP contribution < -0.4 is 4.74 Å². The second-order valence-electron chi connectivity index (χ2n) is 4.90.